The first kappa shape index (κ1) is 18.7. The zero-order chi connectivity index (χ0) is 17.3. The van der Waals surface area contributed by atoms with Gasteiger partial charge in [-0.3, -0.25) is 4.79 Å². The van der Waals surface area contributed by atoms with Gasteiger partial charge in [-0.25, -0.2) is 9.10 Å². The SMILES string of the molecule is CC1(NC(=O)C2(NC(=O)OC(C)(C)C)CC2)CCN(SS)CC1. The van der Waals surface area contributed by atoms with Crippen molar-refractivity contribution >= 4 is 34.6 Å². The van der Waals surface area contributed by atoms with E-state index in [1.807, 2.05) is 0 Å². The third kappa shape index (κ3) is 5.19. The van der Waals surface area contributed by atoms with Crippen LogP contribution in [0.1, 0.15) is 53.4 Å². The molecule has 1 saturated carbocycles. The summed E-state index contributed by atoms with van der Waals surface area (Å²) in [7, 11) is 1.44. The second-order valence-corrected chi connectivity index (χ2v) is 8.90. The van der Waals surface area contributed by atoms with Crippen LogP contribution in [-0.4, -0.2) is 46.1 Å². The molecule has 1 aliphatic heterocycles. The molecule has 0 radical (unpaired) electrons. The molecule has 0 atom stereocenters. The Kier molecular flexibility index (Phi) is 5.48. The molecule has 2 aliphatic rings. The number of piperidine rings is 1. The van der Waals surface area contributed by atoms with Gasteiger partial charge in [-0.2, -0.15) is 0 Å². The van der Waals surface area contributed by atoms with Gasteiger partial charge < -0.3 is 15.4 Å². The van der Waals surface area contributed by atoms with Crippen molar-refractivity contribution in [2.24, 2.45) is 0 Å². The molecule has 0 aromatic rings. The van der Waals surface area contributed by atoms with Gasteiger partial charge in [-0.05, 0) is 64.4 Å². The monoisotopic (exact) mass is 361 g/mol. The minimum Gasteiger partial charge on any atom is -0.444 e. The van der Waals surface area contributed by atoms with Crippen LogP contribution in [0.4, 0.5) is 4.79 Å². The Morgan fingerprint density at radius 2 is 1.70 bits per heavy atom. The van der Waals surface area contributed by atoms with Crippen molar-refractivity contribution in [1.82, 2.24) is 14.9 Å². The van der Waals surface area contributed by atoms with Crippen LogP contribution >= 0.6 is 22.6 Å². The van der Waals surface area contributed by atoms with Gasteiger partial charge in [-0.1, -0.05) is 11.7 Å². The zero-order valence-corrected chi connectivity index (χ0v) is 16.0. The smallest absolute Gasteiger partial charge is 0.408 e. The van der Waals surface area contributed by atoms with Gasteiger partial charge in [-0.15, -0.1) is 0 Å². The summed E-state index contributed by atoms with van der Waals surface area (Å²) in [6.07, 6.45) is 2.53. The fourth-order valence-corrected chi connectivity index (χ4v) is 3.45. The molecular formula is C15H27N3O3S2. The number of carbonyl (C=O) groups is 2. The third-order valence-corrected chi connectivity index (χ3v) is 5.57. The quantitative estimate of drug-likeness (QED) is 0.408. The predicted molar refractivity (Wildman–Crippen MR) is 95.3 cm³/mol. The third-order valence-electron chi connectivity index (χ3n) is 4.28. The van der Waals surface area contributed by atoms with Crippen LogP contribution in [0.5, 0.6) is 0 Å². The van der Waals surface area contributed by atoms with Crippen molar-refractivity contribution in [3.8, 4) is 0 Å². The van der Waals surface area contributed by atoms with Crippen LogP contribution in [-0.2, 0) is 9.53 Å². The average molecular weight is 362 g/mol. The Morgan fingerprint density at radius 3 is 2.13 bits per heavy atom. The molecular weight excluding hydrogens is 334 g/mol. The lowest BCUT2D eigenvalue weighted by atomic mass is 9.90. The first-order valence-electron chi connectivity index (χ1n) is 7.98. The van der Waals surface area contributed by atoms with Gasteiger partial charge in [0.1, 0.15) is 11.1 Å². The summed E-state index contributed by atoms with van der Waals surface area (Å²) in [6.45, 7) is 9.26. The highest BCUT2D eigenvalue weighted by atomic mass is 33.1. The zero-order valence-electron chi connectivity index (χ0n) is 14.3. The van der Waals surface area contributed by atoms with E-state index in [2.05, 4.69) is 33.5 Å². The van der Waals surface area contributed by atoms with Crippen molar-refractivity contribution in [1.29, 1.82) is 0 Å². The lowest BCUT2D eigenvalue weighted by molar-refractivity contribution is -0.126. The fraction of sp³-hybridized carbons (Fsp3) is 0.867. The first-order valence-corrected chi connectivity index (χ1v) is 9.80. The minimum absolute atomic E-state index is 0.0992. The second kappa shape index (κ2) is 6.72. The Hall–Kier alpha value is -0.600. The summed E-state index contributed by atoms with van der Waals surface area (Å²) >= 11 is 4.21. The topological polar surface area (TPSA) is 70.7 Å². The standard InChI is InChI=1S/C15H27N3O3S2/c1-13(2,3)21-12(20)17-15(5-6-15)11(19)16-14(4)7-9-18(23-22)10-8-14/h22H,5-10H2,1-4H3,(H,16,19)(H,17,20). The number of thiol groups is 1. The van der Waals surface area contributed by atoms with E-state index in [-0.39, 0.29) is 11.4 Å². The molecule has 2 amide bonds. The lowest BCUT2D eigenvalue weighted by Gasteiger charge is -2.39. The van der Waals surface area contributed by atoms with E-state index in [9.17, 15) is 9.59 Å². The molecule has 1 saturated heterocycles. The number of hydrogen-bond acceptors (Lipinski definition) is 6. The number of carbonyl (C=O) groups excluding carboxylic acids is 2. The van der Waals surface area contributed by atoms with Gasteiger partial charge in [0.25, 0.3) is 0 Å². The molecule has 0 spiro atoms. The van der Waals surface area contributed by atoms with E-state index in [4.69, 9.17) is 4.74 Å². The van der Waals surface area contributed by atoms with E-state index < -0.39 is 17.2 Å². The Balaban J connectivity index is 1.89. The fourth-order valence-electron chi connectivity index (χ4n) is 2.61. The molecule has 0 unspecified atom stereocenters. The molecule has 6 nitrogen and oxygen atoms in total. The van der Waals surface area contributed by atoms with E-state index in [0.717, 1.165) is 25.9 Å². The number of rotatable bonds is 4. The summed E-state index contributed by atoms with van der Waals surface area (Å²) in [4.78, 5) is 24.6. The van der Waals surface area contributed by atoms with E-state index in [0.29, 0.717) is 12.8 Å². The summed E-state index contributed by atoms with van der Waals surface area (Å²) in [6, 6.07) is 0. The summed E-state index contributed by atoms with van der Waals surface area (Å²) < 4.78 is 7.43. The second-order valence-electron chi connectivity index (χ2n) is 7.73. The van der Waals surface area contributed by atoms with Crippen LogP contribution in [0.15, 0.2) is 0 Å². The van der Waals surface area contributed by atoms with Crippen LogP contribution in [0, 0.1) is 0 Å². The predicted octanol–water partition coefficient (Wildman–Crippen LogP) is 2.51. The van der Waals surface area contributed by atoms with Crippen LogP contribution < -0.4 is 10.6 Å². The summed E-state index contributed by atoms with van der Waals surface area (Å²) in [5.74, 6) is -0.0992. The normalized spacial score (nSPS) is 23.0. The molecule has 2 rings (SSSR count). The molecule has 1 heterocycles. The number of ether oxygens (including phenoxy) is 1. The van der Waals surface area contributed by atoms with Gasteiger partial charge >= 0.3 is 6.09 Å². The first-order chi connectivity index (χ1) is 10.6. The van der Waals surface area contributed by atoms with Gasteiger partial charge in [0.2, 0.25) is 5.91 Å². The van der Waals surface area contributed by atoms with Crippen molar-refractivity contribution in [2.45, 2.75) is 70.1 Å². The maximum Gasteiger partial charge on any atom is 0.408 e. The maximum absolute atomic E-state index is 12.6. The van der Waals surface area contributed by atoms with Gasteiger partial charge in [0.05, 0.1) is 0 Å². The molecule has 2 fully saturated rings. The Morgan fingerprint density at radius 1 is 1.13 bits per heavy atom. The molecule has 1 aliphatic carbocycles. The number of nitrogens with one attached hydrogen (secondary N) is 2. The molecule has 0 aromatic carbocycles. The van der Waals surface area contributed by atoms with Crippen molar-refractivity contribution in [2.75, 3.05) is 13.1 Å². The largest absolute Gasteiger partial charge is 0.444 e. The van der Waals surface area contributed by atoms with Crippen molar-refractivity contribution in [3.05, 3.63) is 0 Å². The highest BCUT2D eigenvalue weighted by Gasteiger charge is 2.53. The van der Waals surface area contributed by atoms with Gasteiger partial charge in [0, 0.05) is 18.6 Å². The number of hydrogen-bond donors (Lipinski definition) is 3. The van der Waals surface area contributed by atoms with E-state index in [1.54, 1.807) is 20.8 Å². The van der Waals surface area contributed by atoms with Gasteiger partial charge in [0.15, 0.2) is 0 Å². The van der Waals surface area contributed by atoms with Crippen molar-refractivity contribution < 1.29 is 14.3 Å². The molecule has 8 heteroatoms. The Labute approximate surface area is 147 Å². The minimum atomic E-state index is -0.791. The summed E-state index contributed by atoms with van der Waals surface area (Å²) in [5.41, 5.74) is -1.59. The Bertz CT molecular complexity index is 467. The van der Waals surface area contributed by atoms with E-state index >= 15 is 0 Å². The maximum atomic E-state index is 12.6. The molecule has 0 aromatic heterocycles. The highest BCUT2D eigenvalue weighted by Crippen LogP contribution is 2.37. The molecule has 0 bridgehead atoms. The van der Waals surface area contributed by atoms with E-state index in [1.165, 1.54) is 11.0 Å². The lowest BCUT2D eigenvalue weighted by Crippen LogP contribution is -2.58. The molecule has 23 heavy (non-hydrogen) atoms. The van der Waals surface area contributed by atoms with Crippen molar-refractivity contribution in [3.63, 3.8) is 0 Å². The summed E-state index contributed by atoms with van der Waals surface area (Å²) in [5, 5.41) is 5.89. The van der Waals surface area contributed by atoms with Crippen LogP contribution in [0.25, 0.3) is 0 Å². The highest BCUT2D eigenvalue weighted by molar-refractivity contribution is 8.67. The number of alkyl carbamates (subject to hydrolysis) is 1. The van der Waals surface area contributed by atoms with Crippen LogP contribution in [0.2, 0.25) is 0 Å². The molecule has 2 N–H and O–H groups in total. The number of amides is 2. The number of nitrogens with zero attached hydrogens (tertiary/aromatic N) is 1. The van der Waals surface area contributed by atoms with Crippen LogP contribution in [0.3, 0.4) is 0 Å². The average Bonchev–Trinajstić information content (AvgIpc) is 3.18. The molecule has 132 valence electrons.